The number of nitrogens with zero attached hydrogens (tertiary/aromatic N) is 1. The van der Waals surface area contributed by atoms with E-state index >= 15 is 0 Å². The van der Waals surface area contributed by atoms with E-state index in [2.05, 4.69) is 42.0 Å². The molecule has 1 nitrogen and oxygen atoms in total. The second-order valence-electron chi connectivity index (χ2n) is 3.23. The van der Waals surface area contributed by atoms with Gasteiger partial charge in [0.25, 0.3) is 0 Å². The quantitative estimate of drug-likeness (QED) is 0.644. The number of hydrogen-bond acceptors (Lipinski definition) is 2. The van der Waals surface area contributed by atoms with Crippen LogP contribution in [0.2, 0.25) is 0 Å². The van der Waals surface area contributed by atoms with E-state index in [-0.39, 0.29) is 0 Å². The maximum atomic E-state index is 4.36. The van der Waals surface area contributed by atoms with E-state index in [4.69, 9.17) is 0 Å². The van der Waals surface area contributed by atoms with Gasteiger partial charge in [-0.3, -0.25) is 4.99 Å². The average molecular weight is 215 g/mol. The largest absolute Gasteiger partial charge is 0.256 e. The van der Waals surface area contributed by atoms with Gasteiger partial charge in [0.2, 0.25) is 0 Å². The third-order valence-corrected chi connectivity index (χ3v) is 3.52. The van der Waals surface area contributed by atoms with E-state index < -0.39 is 0 Å². The summed E-state index contributed by atoms with van der Waals surface area (Å²) in [5, 5.41) is 0. The number of hydrogen-bond donors (Lipinski definition) is 0. The van der Waals surface area contributed by atoms with E-state index in [1.807, 2.05) is 6.92 Å². The third-order valence-electron chi connectivity index (χ3n) is 2.30. The van der Waals surface area contributed by atoms with Gasteiger partial charge in [0.05, 0.1) is 5.71 Å². The summed E-state index contributed by atoms with van der Waals surface area (Å²) in [4.78, 5) is 6.87. The highest BCUT2D eigenvalue weighted by atomic mass is 32.2. The van der Waals surface area contributed by atoms with Crippen LogP contribution in [-0.4, -0.2) is 5.71 Å². The molecule has 0 bridgehead atoms. The number of fused-ring (bicyclic) bond motifs is 1. The normalized spacial score (nSPS) is 24.9. The predicted octanol–water partition coefficient (Wildman–Crippen LogP) is 3.99. The van der Waals surface area contributed by atoms with E-state index in [9.17, 15) is 0 Å². The van der Waals surface area contributed by atoms with Crippen LogP contribution in [0.3, 0.4) is 0 Å². The smallest absolute Gasteiger partial charge is 0.0845 e. The van der Waals surface area contributed by atoms with Gasteiger partial charge >= 0.3 is 0 Å². The molecule has 0 amide bonds. The molecule has 0 N–H and O–H groups in total. The van der Waals surface area contributed by atoms with Crippen molar-refractivity contribution in [2.75, 3.05) is 0 Å². The van der Waals surface area contributed by atoms with E-state index in [1.165, 1.54) is 15.4 Å². The first-order chi connectivity index (χ1) is 7.36. The molecular formula is C13H13NS. The Hall–Kier alpha value is -1.28. The predicted molar refractivity (Wildman–Crippen MR) is 68.9 cm³/mol. The first-order valence-electron chi connectivity index (χ1n) is 4.97. The Morgan fingerprint density at radius 1 is 1.53 bits per heavy atom. The minimum absolute atomic E-state index is 0.975. The first kappa shape index (κ1) is 10.2. The number of allylic oxidation sites excluding steroid dienone is 7. The van der Waals surface area contributed by atoms with Gasteiger partial charge in [-0.1, -0.05) is 42.6 Å². The van der Waals surface area contributed by atoms with E-state index in [0.717, 1.165) is 12.1 Å². The van der Waals surface area contributed by atoms with Crippen LogP contribution in [0.25, 0.3) is 0 Å². The Balaban J connectivity index is 2.51. The van der Waals surface area contributed by atoms with Crippen LogP contribution >= 0.6 is 11.8 Å². The van der Waals surface area contributed by atoms with Crippen LogP contribution in [-0.2, 0) is 0 Å². The molecule has 0 aromatic heterocycles. The molecule has 1 saturated heterocycles. The molecule has 1 heterocycles. The molecule has 2 aliphatic rings. The Labute approximate surface area is 94.7 Å². The van der Waals surface area contributed by atoms with Crippen molar-refractivity contribution >= 4 is 17.5 Å². The van der Waals surface area contributed by atoms with Gasteiger partial charge in [-0.2, -0.15) is 0 Å². The first-order valence-corrected chi connectivity index (χ1v) is 5.79. The Kier molecular flexibility index (Phi) is 3.07. The standard InChI is InChI=1S/C13H13NS/c1-3-11-13(14-4-2)10-8-6-5-7-9-12(10)15-11/h3-5,7-9H,2,6H2,1H3/b11-3+,14-13?. The molecular weight excluding hydrogens is 202 g/mol. The van der Waals surface area contributed by atoms with Crippen molar-refractivity contribution in [3.05, 3.63) is 58.5 Å². The fourth-order valence-electron chi connectivity index (χ4n) is 1.63. The lowest BCUT2D eigenvalue weighted by Gasteiger charge is -1.97. The topological polar surface area (TPSA) is 12.4 Å². The highest BCUT2D eigenvalue weighted by Gasteiger charge is 2.25. The van der Waals surface area contributed by atoms with Crippen molar-refractivity contribution in [2.45, 2.75) is 13.3 Å². The monoisotopic (exact) mass is 215 g/mol. The summed E-state index contributed by atoms with van der Waals surface area (Å²) in [6.45, 7) is 5.71. The lowest BCUT2D eigenvalue weighted by Crippen LogP contribution is -1.96. The summed E-state index contributed by atoms with van der Waals surface area (Å²) >= 11 is 1.78. The van der Waals surface area contributed by atoms with Crippen molar-refractivity contribution in [1.82, 2.24) is 0 Å². The van der Waals surface area contributed by atoms with Crippen molar-refractivity contribution in [3.8, 4) is 0 Å². The fourth-order valence-corrected chi connectivity index (χ4v) is 2.68. The van der Waals surface area contributed by atoms with Crippen molar-refractivity contribution in [3.63, 3.8) is 0 Å². The summed E-state index contributed by atoms with van der Waals surface area (Å²) in [5.74, 6) is 0. The summed E-state index contributed by atoms with van der Waals surface area (Å²) < 4.78 is 0. The zero-order valence-corrected chi connectivity index (χ0v) is 9.55. The summed E-state index contributed by atoms with van der Waals surface area (Å²) in [6.07, 6.45) is 13.3. The minimum atomic E-state index is 0.975. The Bertz CT molecular complexity index is 433. The zero-order valence-electron chi connectivity index (χ0n) is 8.73. The van der Waals surface area contributed by atoms with Gasteiger partial charge in [0.1, 0.15) is 0 Å². The molecule has 2 heteroatoms. The van der Waals surface area contributed by atoms with E-state index in [0.29, 0.717) is 0 Å². The minimum Gasteiger partial charge on any atom is -0.256 e. The number of rotatable bonds is 1. The SMILES string of the molecule is C=CN=C1C2=CCC=CC=C2S/C1=C/C. The van der Waals surface area contributed by atoms with Crippen molar-refractivity contribution in [2.24, 2.45) is 4.99 Å². The molecule has 15 heavy (non-hydrogen) atoms. The van der Waals surface area contributed by atoms with Crippen LogP contribution < -0.4 is 0 Å². The molecule has 1 aliphatic carbocycles. The molecule has 2 rings (SSSR count). The Morgan fingerprint density at radius 3 is 3.13 bits per heavy atom. The number of aliphatic imine (C=N–C) groups is 1. The van der Waals surface area contributed by atoms with E-state index in [1.54, 1.807) is 18.0 Å². The lowest BCUT2D eigenvalue weighted by molar-refractivity contribution is 1.39. The van der Waals surface area contributed by atoms with Gasteiger partial charge in [0, 0.05) is 21.6 Å². The highest BCUT2D eigenvalue weighted by Crippen LogP contribution is 2.43. The average Bonchev–Trinajstić information content (AvgIpc) is 2.45. The van der Waals surface area contributed by atoms with Crippen molar-refractivity contribution in [1.29, 1.82) is 0 Å². The second-order valence-corrected chi connectivity index (χ2v) is 4.31. The molecule has 0 saturated carbocycles. The zero-order chi connectivity index (χ0) is 10.7. The maximum absolute atomic E-state index is 4.36. The molecule has 1 fully saturated rings. The Morgan fingerprint density at radius 2 is 2.40 bits per heavy atom. The van der Waals surface area contributed by atoms with Crippen LogP contribution in [0.5, 0.6) is 0 Å². The maximum Gasteiger partial charge on any atom is 0.0845 e. The van der Waals surface area contributed by atoms with Gasteiger partial charge in [-0.15, -0.1) is 0 Å². The summed E-state index contributed by atoms with van der Waals surface area (Å²) in [7, 11) is 0. The van der Waals surface area contributed by atoms with Crippen LogP contribution in [0.4, 0.5) is 0 Å². The second kappa shape index (κ2) is 4.49. The molecule has 0 spiro atoms. The lowest BCUT2D eigenvalue weighted by atomic mass is 10.1. The van der Waals surface area contributed by atoms with Gasteiger partial charge in [0.15, 0.2) is 0 Å². The summed E-state index contributed by atoms with van der Waals surface area (Å²) in [6, 6.07) is 0. The molecule has 0 atom stereocenters. The third kappa shape index (κ3) is 1.90. The molecule has 0 aromatic carbocycles. The highest BCUT2D eigenvalue weighted by molar-refractivity contribution is 8.08. The molecule has 76 valence electrons. The van der Waals surface area contributed by atoms with Crippen LogP contribution in [0.1, 0.15) is 13.3 Å². The molecule has 0 radical (unpaired) electrons. The van der Waals surface area contributed by atoms with Gasteiger partial charge < -0.3 is 0 Å². The molecule has 1 aliphatic heterocycles. The fraction of sp³-hybridized carbons (Fsp3) is 0.154. The van der Waals surface area contributed by atoms with Gasteiger partial charge in [-0.05, 0) is 19.4 Å². The molecule has 0 aromatic rings. The van der Waals surface area contributed by atoms with Crippen LogP contribution in [0.15, 0.2) is 63.5 Å². The summed E-state index contributed by atoms with van der Waals surface area (Å²) in [5.41, 5.74) is 2.31. The van der Waals surface area contributed by atoms with Crippen molar-refractivity contribution < 1.29 is 0 Å². The number of thioether (sulfide) groups is 1. The van der Waals surface area contributed by atoms with Gasteiger partial charge in [-0.25, -0.2) is 0 Å². The van der Waals surface area contributed by atoms with Crippen LogP contribution in [0, 0.1) is 0 Å². The molecule has 0 unspecified atom stereocenters.